The van der Waals surface area contributed by atoms with Crippen molar-refractivity contribution in [3.8, 4) is 0 Å². The Morgan fingerprint density at radius 3 is 2.92 bits per heavy atom. The number of halogens is 2. The minimum absolute atomic E-state index is 0.0222. The van der Waals surface area contributed by atoms with Gasteiger partial charge in [-0.15, -0.1) is 0 Å². The Labute approximate surface area is 78.3 Å². The molecule has 0 amide bonds. The second-order valence-electron chi connectivity index (χ2n) is 2.67. The lowest BCUT2D eigenvalue weighted by atomic mass is 10.1. The molecule has 0 aliphatic heterocycles. The summed E-state index contributed by atoms with van der Waals surface area (Å²) in [5.41, 5.74) is 0.613. The van der Waals surface area contributed by atoms with Gasteiger partial charge in [0, 0.05) is 17.1 Å². The molecule has 0 aliphatic carbocycles. The Morgan fingerprint density at radius 1 is 1.46 bits per heavy atom. The Bertz CT molecular complexity index is 478. The lowest BCUT2D eigenvalue weighted by molar-refractivity contribution is 0.112. The van der Waals surface area contributed by atoms with Gasteiger partial charge in [-0.2, -0.15) is 0 Å². The molecule has 1 aromatic heterocycles. The first-order chi connectivity index (χ1) is 6.22. The Kier molecular flexibility index (Phi) is 1.81. The average molecular weight is 198 g/mol. The normalized spacial score (nSPS) is 10.6. The molecule has 0 fully saturated rings. The van der Waals surface area contributed by atoms with Crippen LogP contribution in [0.3, 0.4) is 0 Å². The van der Waals surface area contributed by atoms with Crippen LogP contribution in [0.1, 0.15) is 10.4 Å². The number of aromatic amines is 1. The van der Waals surface area contributed by atoms with Crippen LogP contribution < -0.4 is 0 Å². The second-order valence-corrected chi connectivity index (χ2v) is 3.08. The van der Waals surface area contributed by atoms with Crippen LogP contribution in [0.4, 0.5) is 4.39 Å². The summed E-state index contributed by atoms with van der Waals surface area (Å²) in [6.45, 7) is 0. The molecule has 2 rings (SSSR count). The summed E-state index contributed by atoms with van der Waals surface area (Å²) in [5, 5.41) is 1.14. The molecule has 0 bridgehead atoms. The quantitative estimate of drug-likeness (QED) is 0.701. The molecular formula is C9H5ClFNO. The largest absolute Gasteiger partial charge is 0.360 e. The van der Waals surface area contributed by atoms with Crippen molar-refractivity contribution in [3.05, 3.63) is 34.7 Å². The topological polar surface area (TPSA) is 32.9 Å². The predicted molar refractivity (Wildman–Crippen MR) is 48.7 cm³/mol. The summed E-state index contributed by atoms with van der Waals surface area (Å²) < 4.78 is 13.0. The molecular weight excluding hydrogens is 193 g/mol. The van der Waals surface area contributed by atoms with Crippen LogP contribution in [0.2, 0.25) is 5.02 Å². The monoisotopic (exact) mass is 197 g/mol. The molecule has 13 heavy (non-hydrogen) atoms. The van der Waals surface area contributed by atoms with Gasteiger partial charge in [-0.05, 0) is 12.1 Å². The zero-order valence-corrected chi connectivity index (χ0v) is 7.23. The highest BCUT2D eigenvalue weighted by molar-refractivity contribution is 6.35. The minimum Gasteiger partial charge on any atom is -0.360 e. The minimum atomic E-state index is -0.541. The van der Waals surface area contributed by atoms with Crippen molar-refractivity contribution in [2.45, 2.75) is 0 Å². The molecule has 0 spiro atoms. The lowest BCUT2D eigenvalue weighted by Crippen LogP contribution is -1.86. The van der Waals surface area contributed by atoms with Gasteiger partial charge in [-0.1, -0.05) is 11.6 Å². The number of nitrogens with one attached hydrogen (secondary N) is 1. The third-order valence-corrected chi connectivity index (χ3v) is 2.19. The van der Waals surface area contributed by atoms with Crippen molar-refractivity contribution in [2.24, 2.45) is 0 Å². The van der Waals surface area contributed by atoms with E-state index in [2.05, 4.69) is 4.98 Å². The van der Waals surface area contributed by atoms with E-state index in [1.54, 1.807) is 6.20 Å². The molecule has 1 aromatic carbocycles. The summed E-state index contributed by atoms with van der Waals surface area (Å²) in [6, 6.07) is 2.68. The van der Waals surface area contributed by atoms with Gasteiger partial charge < -0.3 is 4.98 Å². The van der Waals surface area contributed by atoms with Crippen molar-refractivity contribution >= 4 is 28.8 Å². The summed E-state index contributed by atoms with van der Waals surface area (Å²) >= 11 is 5.78. The molecule has 4 heteroatoms. The van der Waals surface area contributed by atoms with Crippen molar-refractivity contribution in [2.75, 3.05) is 0 Å². The first-order valence-corrected chi connectivity index (χ1v) is 4.01. The van der Waals surface area contributed by atoms with Crippen LogP contribution in [0.15, 0.2) is 18.3 Å². The maximum Gasteiger partial charge on any atom is 0.153 e. The first kappa shape index (κ1) is 8.26. The van der Waals surface area contributed by atoms with Crippen LogP contribution in [-0.2, 0) is 0 Å². The van der Waals surface area contributed by atoms with E-state index >= 15 is 0 Å². The molecule has 0 aliphatic rings. The van der Waals surface area contributed by atoms with E-state index in [-0.39, 0.29) is 5.56 Å². The summed E-state index contributed by atoms with van der Waals surface area (Å²) in [7, 11) is 0. The van der Waals surface area contributed by atoms with E-state index in [1.165, 1.54) is 12.1 Å². The van der Waals surface area contributed by atoms with E-state index in [0.29, 0.717) is 22.2 Å². The summed E-state index contributed by atoms with van der Waals surface area (Å²) in [6.07, 6.45) is 2.03. The molecule has 0 radical (unpaired) electrons. The number of hydrogen-bond donors (Lipinski definition) is 1. The molecule has 1 heterocycles. The van der Waals surface area contributed by atoms with Gasteiger partial charge in [0.05, 0.1) is 10.6 Å². The molecule has 0 saturated carbocycles. The summed E-state index contributed by atoms with van der Waals surface area (Å²) in [4.78, 5) is 13.2. The van der Waals surface area contributed by atoms with Crippen LogP contribution in [0.5, 0.6) is 0 Å². The van der Waals surface area contributed by atoms with Crippen molar-refractivity contribution in [1.29, 1.82) is 0 Å². The number of fused-ring (bicyclic) bond motifs is 1. The number of H-pyrrole nitrogens is 1. The number of carbonyl (C=O) groups excluding carboxylic acids is 1. The van der Waals surface area contributed by atoms with Gasteiger partial charge in [0.2, 0.25) is 0 Å². The van der Waals surface area contributed by atoms with Gasteiger partial charge in [-0.3, -0.25) is 4.79 Å². The molecule has 66 valence electrons. The number of aldehydes is 1. The third-order valence-electron chi connectivity index (χ3n) is 1.88. The van der Waals surface area contributed by atoms with Gasteiger partial charge >= 0.3 is 0 Å². The van der Waals surface area contributed by atoms with Gasteiger partial charge in [0.15, 0.2) is 6.29 Å². The Hall–Kier alpha value is -1.35. The highest BCUT2D eigenvalue weighted by Crippen LogP contribution is 2.24. The molecule has 1 N–H and O–H groups in total. The van der Waals surface area contributed by atoms with Crippen LogP contribution in [0.25, 0.3) is 10.9 Å². The predicted octanol–water partition coefficient (Wildman–Crippen LogP) is 2.77. The van der Waals surface area contributed by atoms with E-state index in [9.17, 15) is 9.18 Å². The second kappa shape index (κ2) is 2.85. The van der Waals surface area contributed by atoms with Crippen LogP contribution in [0, 0.1) is 5.82 Å². The number of benzene rings is 1. The fourth-order valence-corrected chi connectivity index (χ4v) is 1.43. The van der Waals surface area contributed by atoms with Crippen molar-refractivity contribution in [3.63, 3.8) is 0 Å². The van der Waals surface area contributed by atoms with E-state index in [0.717, 1.165) is 0 Å². The maximum absolute atomic E-state index is 13.0. The Morgan fingerprint density at radius 2 is 2.23 bits per heavy atom. The van der Waals surface area contributed by atoms with Gasteiger partial charge in [-0.25, -0.2) is 4.39 Å². The Balaban J connectivity index is 2.84. The molecule has 2 aromatic rings. The maximum atomic E-state index is 13.0. The molecule has 0 saturated heterocycles. The number of hydrogen-bond acceptors (Lipinski definition) is 1. The van der Waals surface area contributed by atoms with Crippen molar-refractivity contribution < 1.29 is 9.18 Å². The fraction of sp³-hybridized carbons (Fsp3) is 0. The number of rotatable bonds is 1. The van der Waals surface area contributed by atoms with Crippen molar-refractivity contribution in [1.82, 2.24) is 4.98 Å². The zero-order valence-electron chi connectivity index (χ0n) is 6.47. The van der Waals surface area contributed by atoms with E-state index in [1.807, 2.05) is 0 Å². The molecule has 0 unspecified atom stereocenters. The summed E-state index contributed by atoms with van der Waals surface area (Å²) in [5.74, 6) is -0.541. The standard InChI is InChI=1S/C9H5ClFNO/c10-7-3-12-9-2-8(11)5(4-13)1-6(7)9/h1-4,12H. The van der Waals surface area contributed by atoms with Gasteiger partial charge in [0.25, 0.3) is 0 Å². The van der Waals surface area contributed by atoms with E-state index in [4.69, 9.17) is 11.6 Å². The molecule has 0 atom stereocenters. The van der Waals surface area contributed by atoms with Gasteiger partial charge in [0.1, 0.15) is 5.82 Å². The highest BCUT2D eigenvalue weighted by Gasteiger charge is 2.07. The highest BCUT2D eigenvalue weighted by atomic mass is 35.5. The first-order valence-electron chi connectivity index (χ1n) is 3.63. The SMILES string of the molecule is O=Cc1cc2c(Cl)c[nH]c2cc1F. The fourth-order valence-electron chi connectivity index (χ4n) is 1.22. The number of carbonyl (C=O) groups is 1. The van der Waals surface area contributed by atoms with E-state index < -0.39 is 5.82 Å². The lowest BCUT2D eigenvalue weighted by Gasteiger charge is -1.95. The third kappa shape index (κ3) is 1.21. The average Bonchev–Trinajstić information content (AvgIpc) is 2.46. The van der Waals surface area contributed by atoms with Crippen LogP contribution in [-0.4, -0.2) is 11.3 Å². The number of aromatic nitrogens is 1. The molecule has 2 nitrogen and oxygen atoms in total. The smallest absolute Gasteiger partial charge is 0.153 e. The van der Waals surface area contributed by atoms with Crippen LogP contribution >= 0.6 is 11.6 Å². The zero-order chi connectivity index (χ0) is 9.42.